The number of H-pyrrole nitrogens is 1. The molecule has 2 aromatic heterocycles. The summed E-state index contributed by atoms with van der Waals surface area (Å²) >= 11 is 6.52. The van der Waals surface area contributed by atoms with Gasteiger partial charge in [-0.2, -0.15) is 0 Å². The molecule has 2 N–H and O–H groups in total. The standard InChI is InChI=1S/C27H36ClN5O3/c1-6-32(20-9-7-19(8-10-20)31(3)4)24-14-18(28)13-22(17(24)2)26(34)29-16-23-25(36-5)15-21-11-12-30-33(21)27(23)35/h11-15,19-20,30H,6-10,16H2,1-5H3,(H,29,34). The van der Waals surface area contributed by atoms with Crippen molar-refractivity contribution >= 4 is 28.7 Å². The van der Waals surface area contributed by atoms with E-state index in [-0.39, 0.29) is 18.0 Å². The van der Waals surface area contributed by atoms with E-state index in [2.05, 4.69) is 41.2 Å². The third kappa shape index (κ3) is 5.11. The maximum Gasteiger partial charge on any atom is 0.278 e. The van der Waals surface area contributed by atoms with Crippen LogP contribution >= 0.6 is 11.6 Å². The molecule has 1 aliphatic rings. The molecule has 8 nitrogen and oxygen atoms in total. The van der Waals surface area contributed by atoms with Crippen molar-refractivity contribution in [1.29, 1.82) is 0 Å². The van der Waals surface area contributed by atoms with Gasteiger partial charge in [0.25, 0.3) is 11.5 Å². The molecule has 194 valence electrons. The molecule has 1 aromatic carbocycles. The first-order valence-corrected chi connectivity index (χ1v) is 12.9. The van der Waals surface area contributed by atoms with Gasteiger partial charge in [-0.05, 0) is 77.4 Å². The number of methoxy groups -OCH3 is 1. The average molecular weight is 514 g/mol. The third-order valence-electron chi connectivity index (χ3n) is 7.48. The van der Waals surface area contributed by atoms with Gasteiger partial charge in [-0.25, -0.2) is 4.52 Å². The lowest BCUT2D eigenvalue weighted by Gasteiger charge is -2.40. The Labute approximate surface area is 217 Å². The van der Waals surface area contributed by atoms with E-state index in [1.54, 1.807) is 24.4 Å². The van der Waals surface area contributed by atoms with Crippen LogP contribution in [0, 0.1) is 6.92 Å². The van der Waals surface area contributed by atoms with Crippen LogP contribution in [0.1, 0.15) is 54.1 Å². The zero-order valence-corrected chi connectivity index (χ0v) is 22.5. The molecule has 36 heavy (non-hydrogen) atoms. The van der Waals surface area contributed by atoms with E-state index in [9.17, 15) is 9.59 Å². The van der Waals surface area contributed by atoms with Crippen molar-refractivity contribution in [2.75, 3.05) is 32.6 Å². The Balaban J connectivity index is 1.57. The van der Waals surface area contributed by atoms with Gasteiger partial charge in [-0.1, -0.05) is 11.6 Å². The van der Waals surface area contributed by atoms with Crippen molar-refractivity contribution in [3.63, 3.8) is 0 Å². The molecule has 0 atom stereocenters. The highest BCUT2D eigenvalue weighted by molar-refractivity contribution is 6.31. The van der Waals surface area contributed by atoms with Crippen LogP contribution in [0.2, 0.25) is 5.02 Å². The number of rotatable bonds is 8. The maximum absolute atomic E-state index is 13.3. The maximum atomic E-state index is 13.3. The number of anilines is 1. The van der Waals surface area contributed by atoms with Gasteiger partial charge in [-0.15, -0.1) is 0 Å². The largest absolute Gasteiger partial charge is 0.496 e. The predicted molar refractivity (Wildman–Crippen MR) is 145 cm³/mol. The second-order valence-electron chi connectivity index (χ2n) is 9.71. The molecule has 9 heteroatoms. The molecule has 0 aliphatic heterocycles. The first kappa shape index (κ1) is 26.1. The fourth-order valence-corrected chi connectivity index (χ4v) is 5.63. The minimum absolute atomic E-state index is 0.0378. The number of aromatic nitrogens is 2. The predicted octanol–water partition coefficient (Wildman–Crippen LogP) is 4.23. The zero-order valence-electron chi connectivity index (χ0n) is 21.7. The highest BCUT2D eigenvalue weighted by Gasteiger charge is 2.28. The number of amides is 1. The van der Waals surface area contributed by atoms with Crippen molar-refractivity contribution in [1.82, 2.24) is 19.8 Å². The summed E-state index contributed by atoms with van der Waals surface area (Å²) in [5.74, 6) is 0.163. The normalized spacial score (nSPS) is 18.0. The number of carbonyl (C=O) groups excluding carboxylic acids is 1. The summed E-state index contributed by atoms with van der Waals surface area (Å²) in [5, 5.41) is 6.32. The van der Waals surface area contributed by atoms with Gasteiger partial charge in [0.15, 0.2) is 0 Å². The van der Waals surface area contributed by atoms with Gasteiger partial charge in [-0.3, -0.25) is 14.7 Å². The molecule has 0 radical (unpaired) electrons. The molecule has 2 heterocycles. The van der Waals surface area contributed by atoms with Crippen LogP contribution in [0.3, 0.4) is 0 Å². The van der Waals surface area contributed by atoms with Crippen LogP contribution in [-0.4, -0.2) is 60.3 Å². The Hall–Kier alpha value is -2.97. The Morgan fingerprint density at radius 3 is 2.53 bits per heavy atom. The van der Waals surface area contributed by atoms with Gasteiger partial charge in [0.1, 0.15) is 5.75 Å². The molecular formula is C27H36ClN5O3. The fourth-order valence-electron chi connectivity index (χ4n) is 5.42. The van der Waals surface area contributed by atoms with E-state index < -0.39 is 0 Å². The number of aromatic amines is 1. The van der Waals surface area contributed by atoms with Crippen LogP contribution in [0.25, 0.3) is 5.52 Å². The second-order valence-corrected chi connectivity index (χ2v) is 10.1. The zero-order chi connectivity index (χ0) is 26.0. The molecule has 0 spiro atoms. The van der Waals surface area contributed by atoms with Gasteiger partial charge in [0.2, 0.25) is 0 Å². The molecule has 1 amide bonds. The number of benzene rings is 1. The second kappa shape index (κ2) is 11.0. The lowest BCUT2D eigenvalue weighted by molar-refractivity contribution is 0.0950. The topological polar surface area (TPSA) is 82.1 Å². The number of halogens is 1. The Morgan fingerprint density at radius 1 is 1.19 bits per heavy atom. The number of hydrogen-bond acceptors (Lipinski definition) is 5. The van der Waals surface area contributed by atoms with Crippen LogP contribution in [0.5, 0.6) is 5.75 Å². The fraction of sp³-hybridized carbons (Fsp3) is 0.481. The first-order valence-electron chi connectivity index (χ1n) is 12.5. The molecule has 1 saturated carbocycles. The van der Waals surface area contributed by atoms with E-state index in [4.69, 9.17) is 16.3 Å². The summed E-state index contributed by atoms with van der Waals surface area (Å²) in [4.78, 5) is 31.0. The lowest BCUT2D eigenvalue weighted by Crippen LogP contribution is -2.42. The van der Waals surface area contributed by atoms with Crippen molar-refractivity contribution in [3.8, 4) is 5.75 Å². The summed E-state index contributed by atoms with van der Waals surface area (Å²) in [5.41, 5.74) is 3.20. The van der Waals surface area contributed by atoms with E-state index in [0.717, 1.165) is 43.5 Å². The van der Waals surface area contributed by atoms with E-state index in [1.807, 2.05) is 13.0 Å². The average Bonchev–Trinajstić information content (AvgIpc) is 3.34. The van der Waals surface area contributed by atoms with Crippen molar-refractivity contribution in [2.24, 2.45) is 0 Å². The highest BCUT2D eigenvalue weighted by Crippen LogP contribution is 2.34. The highest BCUT2D eigenvalue weighted by atomic mass is 35.5. The van der Waals surface area contributed by atoms with Crippen LogP contribution < -0.4 is 20.5 Å². The van der Waals surface area contributed by atoms with Gasteiger partial charge >= 0.3 is 0 Å². The smallest absolute Gasteiger partial charge is 0.278 e. The van der Waals surface area contributed by atoms with Crippen LogP contribution in [-0.2, 0) is 6.54 Å². The molecule has 0 bridgehead atoms. The summed E-state index contributed by atoms with van der Waals surface area (Å²) < 4.78 is 6.86. The van der Waals surface area contributed by atoms with E-state index in [0.29, 0.717) is 39.5 Å². The Bertz CT molecular complexity index is 1290. The van der Waals surface area contributed by atoms with Crippen molar-refractivity contribution in [2.45, 2.75) is 58.2 Å². The number of nitrogens with one attached hydrogen (secondary N) is 2. The quantitative estimate of drug-likeness (QED) is 0.471. The Kier molecular flexibility index (Phi) is 7.95. The van der Waals surface area contributed by atoms with Crippen LogP contribution in [0.15, 0.2) is 35.3 Å². The number of pyridine rings is 1. The minimum atomic E-state index is -0.276. The molecule has 4 rings (SSSR count). The van der Waals surface area contributed by atoms with Gasteiger partial charge in [0.05, 0.1) is 24.7 Å². The van der Waals surface area contributed by atoms with E-state index >= 15 is 0 Å². The molecular weight excluding hydrogens is 478 g/mol. The molecule has 0 unspecified atom stereocenters. The summed E-state index contributed by atoms with van der Waals surface area (Å²) in [6.45, 7) is 4.99. The van der Waals surface area contributed by atoms with E-state index in [1.165, 1.54) is 11.6 Å². The number of hydrogen-bond donors (Lipinski definition) is 2. The molecule has 0 saturated heterocycles. The third-order valence-corrected chi connectivity index (χ3v) is 7.69. The van der Waals surface area contributed by atoms with Crippen molar-refractivity contribution < 1.29 is 9.53 Å². The summed E-state index contributed by atoms with van der Waals surface area (Å²) in [6.07, 6.45) is 6.21. The molecule has 1 fully saturated rings. The van der Waals surface area contributed by atoms with Crippen molar-refractivity contribution in [3.05, 3.63) is 62.5 Å². The Morgan fingerprint density at radius 2 is 1.89 bits per heavy atom. The summed E-state index contributed by atoms with van der Waals surface area (Å²) in [7, 11) is 5.81. The van der Waals surface area contributed by atoms with Crippen LogP contribution in [0.4, 0.5) is 5.69 Å². The number of nitrogens with zero attached hydrogens (tertiary/aromatic N) is 3. The number of carbonyl (C=O) groups is 1. The minimum Gasteiger partial charge on any atom is -0.496 e. The number of ether oxygens (including phenoxy) is 1. The lowest BCUT2D eigenvalue weighted by atomic mass is 9.89. The van der Waals surface area contributed by atoms with Gasteiger partial charge in [0, 0.05) is 47.2 Å². The molecule has 1 aliphatic carbocycles. The summed E-state index contributed by atoms with van der Waals surface area (Å²) in [6, 6.07) is 8.25. The molecule has 3 aromatic rings. The first-order chi connectivity index (χ1) is 17.2. The SMILES string of the molecule is CCN(c1cc(Cl)cc(C(=O)NCc2c(OC)cc3cc[nH]n3c2=O)c1C)C1CCC(N(C)C)CC1. The number of fused-ring (bicyclic) bond motifs is 1. The van der Waals surface area contributed by atoms with Gasteiger partial charge < -0.3 is 19.9 Å². The monoisotopic (exact) mass is 513 g/mol.